The number of hydrogen-bond donors (Lipinski definition) is 1. The minimum atomic E-state index is -3.73. The highest BCUT2D eigenvalue weighted by atomic mass is 32.2. The molecular weight excluding hydrogens is 466 g/mol. The zero-order valence-corrected chi connectivity index (χ0v) is 19.3. The van der Waals surface area contributed by atoms with E-state index in [1.165, 1.54) is 22.5 Å². The Balaban J connectivity index is 1.60. The van der Waals surface area contributed by atoms with Crippen LogP contribution in [0.2, 0.25) is 0 Å². The maximum Gasteiger partial charge on any atom is 0.268 e. The molecule has 3 aromatic rings. The summed E-state index contributed by atoms with van der Waals surface area (Å²) in [6.07, 6.45) is 3.75. The lowest BCUT2D eigenvalue weighted by molar-refractivity contribution is 0.102. The lowest BCUT2D eigenvalue weighted by Gasteiger charge is -2.25. The van der Waals surface area contributed by atoms with Gasteiger partial charge >= 0.3 is 0 Å². The number of anilines is 1. The summed E-state index contributed by atoms with van der Waals surface area (Å²) in [6.45, 7) is 0.916. The second-order valence-electron chi connectivity index (χ2n) is 6.95. The second-order valence-corrected chi connectivity index (χ2v) is 12.8. The molecule has 3 heterocycles. The molecule has 0 saturated carbocycles. The first kappa shape index (κ1) is 21.4. The van der Waals surface area contributed by atoms with Crippen LogP contribution in [0, 0.1) is 0 Å². The van der Waals surface area contributed by atoms with Gasteiger partial charge in [0.2, 0.25) is 10.0 Å². The van der Waals surface area contributed by atoms with Crippen molar-refractivity contribution in [2.75, 3.05) is 24.7 Å². The zero-order chi connectivity index (χ0) is 21.5. The van der Waals surface area contributed by atoms with E-state index < -0.39 is 25.8 Å². The number of sulfone groups is 1. The number of aromatic nitrogens is 1. The van der Waals surface area contributed by atoms with Crippen molar-refractivity contribution in [3.63, 3.8) is 0 Å². The number of sulfonamides is 1. The van der Waals surface area contributed by atoms with Crippen LogP contribution in [0.3, 0.4) is 0 Å². The molecule has 0 radical (unpaired) electrons. The summed E-state index contributed by atoms with van der Waals surface area (Å²) in [5.41, 5.74) is 0.551. The van der Waals surface area contributed by atoms with Gasteiger partial charge in [-0.1, -0.05) is 17.8 Å². The van der Waals surface area contributed by atoms with Gasteiger partial charge in [0.1, 0.15) is 9.77 Å². The van der Waals surface area contributed by atoms with Gasteiger partial charge in [-0.15, -0.1) is 11.3 Å². The standard InChI is InChI=1S/C18H19N3O5S4/c1-29(23,24)12-5-6-13-14(11-12)28-18(19-13)20-17(22)16-15(7-10-27-16)30(25,26)21-8-3-2-4-9-21/h5-7,10-11H,2-4,8-9H2,1H3,(H,19,20,22). The number of carbonyl (C=O) groups is 1. The van der Waals surface area contributed by atoms with Crippen LogP contribution in [0.25, 0.3) is 10.2 Å². The Morgan fingerprint density at radius 2 is 1.83 bits per heavy atom. The molecule has 2 aromatic heterocycles. The predicted octanol–water partition coefficient (Wildman–Crippen LogP) is 3.19. The highest BCUT2D eigenvalue weighted by Gasteiger charge is 2.31. The average molecular weight is 486 g/mol. The summed E-state index contributed by atoms with van der Waals surface area (Å²) in [4.78, 5) is 17.4. The quantitative estimate of drug-likeness (QED) is 0.594. The number of benzene rings is 1. The minimum absolute atomic E-state index is 0.00683. The van der Waals surface area contributed by atoms with Crippen LogP contribution >= 0.6 is 22.7 Å². The molecule has 160 valence electrons. The van der Waals surface area contributed by atoms with Gasteiger partial charge in [-0.3, -0.25) is 10.1 Å². The van der Waals surface area contributed by atoms with Gasteiger partial charge in [-0.25, -0.2) is 21.8 Å². The van der Waals surface area contributed by atoms with Gasteiger partial charge in [-0.05, 0) is 42.5 Å². The first-order valence-electron chi connectivity index (χ1n) is 9.16. The van der Waals surface area contributed by atoms with E-state index in [0.717, 1.165) is 48.2 Å². The van der Waals surface area contributed by atoms with Crippen LogP contribution in [0.1, 0.15) is 28.9 Å². The molecule has 30 heavy (non-hydrogen) atoms. The highest BCUT2D eigenvalue weighted by Crippen LogP contribution is 2.31. The molecule has 1 fully saturated rings. The summed E-state index contributed by atoms with van der Waals surface area (Å²) in [5.74, 6) is -0.553. The van der Waals surface area contributed by atoms with Gasteiger partial charge in [0, 0.05) is 19.3 Å². The van der Waals surface area contributed by atoms with Crippen molar-refractivity contribution in [1.29, 1.82) is 0 Å². The minimum Gasteiger partial charge on any atom is -0.297 e. The lowest BCUT2D eigenvalue weighted by atomic mass is 10.2. The van der Waals surface area contributed by atoms with Crippen molar-refractivity contribution in [3.05, 3.63) is 34.5 Å². The summed E-state index contributed by atoms with van der Waals surface area (Å²) < 4.78 is 51.5. The maximum absolute atomic E-state index is 13.0. The number of thiophene rings is 1. The van der Waals surface area contributed by atoms with Crippen molar-refractivity contribution < 1.29 is 21.6 Å². The van der Waals surface area contributed by atoms with Crippen LogP contribution in [-0.2, 0) is 19.9 Å². The number of piperidine rings is 1. The van der Waals surface area contributed by atoms with Crippen LogP contribution in [0.4, 0.5) is 5.13 Å². The fourth-order valence-electron chi connectivity index (χ4n) is 3.25. The van der Waals surface area contributed by atoms with E-state index >= 15 is 0 Å². The molecule has 1 amide bonds. The van der Waals surface area contributed by atoms with E-state index in [9.17, 15) is 21.6 Å². The number of carbonyl (C=O) groups excluding carboxylic acids is 1. The van der Waals surface area contributed by atoms with E-state index in [-0.39, 0.29) is 19.8 Å². The van der Waals surface area contributed by atoms with Gasteiger partial charge in [-0.2, -0.15) is 4.31 Å². The Morgan fingerprint density at radius 3 is 2.53 bits per heavy atom. The Hall–Kier alpha value is -1.86. The largest absolute Gasteiger partial charge is 0.297 e. The number of hydrogen-bond acceptors (Lipinski definition) is 8. The molecule has 1 aromatic carbocycles. The first-order valence-corrected chi connectivity index (χ1v) is 14.2. The molecule has 0 bridgehead atoms. The van der Waals surface area contributed by atoms with Crippen molar-refractivity contribution in [3.8, 4) is 0 Å². The summed E-state index contributed by atoms with van der Waals surface area (Å²) in [7, 11) is -7.09. The maximum atomic E-state index is 13.0. The average Bonchev–Trinajstić information content (AvgIpc) is 3.34. The summed E-state index contributed by atoms with van der Waals surface area (Å²) in [5, 5.41) is 4.51. The molecule has 0 unspecified atom stereocenters. The van der Waals surface area contributed by atoms with Crippen molar-refractivity contribution in [2.45, 2.75) is 29.1 Å². The van der Waals surface area contributed by atoms with Crippen molar-refractivity contribution in [2.24, 2.45) is 0 Å². The molecule has 0 spiro atoms. The molecule has 1 saturated heterocycles. The van der Waals surface area contributed by atoms with E-state index in [1.807, 2.05) is 0 Å². The SMILES string of the molecule is CS(=O)(=O)c1ccc2nc(NC(=O)c3sccc3S(=O)(=O)N3CCCCC3)sc2c1. The first-order chi connectivity index (χ1) is 14.2. The lowest BCUT2D eigenvalue weighted by Crippen LogP contribution is -2.36. The van der Waals surface area contributed by atoms with Crippen LogP contribution in [0.5, 0.6) is 0 Å². The smallest absolute Gasteiger partial charge is 0.268 e. The third-order valence-corrected chi connectivity index (χ3v) is 9.80. The molecule has 0 aliphatic carbocycles. The fourth-order valence-corrected chi connectivity index (χ4v) is 7.69. The molecule has 4 rings (SSSR count). The zero-order valence-electron chi connectivity index (χ0n) is 16.0. The number of nitrogens with zero attached hydrogens (tertiary/aromatic N) is 2. The fraction of sp³-hybridized carbons (Fsp3) is 0.333. The van der Waals surface area contributed by atoms with Gasteiger partial charge < -0.3 is 0 Å². The molecule has 8 nitrogen and oxygen atoms in total. The molecular formula is C18H19N3O5S4. The van der Waals surface area contributed by atoms with E-state index in [0.29, 0.717) is 23.3 Å². The molecule has 0 atom stereocenters. The monoisotopic (exact) mass is 485 g/mol. The normalized spacial score (nSPS) is 16.0. The van der Waals surface area contributed by atoms with Crippen LogP contribution < -0.4 is 5.32 Å². The van der Waals surface area contributed by atoms with Crippen molar-refractivity contribution in [1.82, 2.24) is 9.29 Å². The Labute approximate surface area is 182 Å². The highest BCUT2D eigenvalue weighted by molar-refractivity contribution is 7.90. The number of fused-ring (bicyclic) bond motifs is 1. The number of rotatable bonds is 5. The third kappa shape index (κ3) is 4.14. The number of thiazole rings is 1. The molecule has 12 heteroatoms. The van der Waals surface area contributed by atoms with Gasteiger partial charge in [0.05, 0.1) is 15.1 Å². The summed E-state index contributed by atoms with van der Waals surface area (Å²) >= 11 is 2.19. The van der Waals surface area contributed by atoms with Crippen LogP contribution in [-0.4, -0.2) is 51.4 Å². The van der Waals surface area contributed by atoms with E-state index in [2.05, 4.69) is 10.3 Å². The third-order valence-electron chi connectivity index (χ3n) is 4.78. The predicted molar refractivity (Wildman–Crippen MR) is 118 cm³/mol. The van der Waals surface area contributed by atoms with Crippen molar-refractivity contribution >= 4 is 63.8 Å². The van der Waals surface area contributed by atoms with Gasteiger partial charge in [0.15, 0.2) is 15.0 Å². The van der Waals surface area contributed by atoms with E-state index in [4.69, 9.17) is 0 Å². The molecule has 1 N–H and O–H groups in total. The molecule has 1 aliphatic rings. The van der Waals surface area contributed by atoms with E-state index in [1.54, 1.807) is 11.4 Å². The number of amides is 1. The Kier molecular flexibility index (Phi) is 5.70. The number of nitrogens with one attached hydrogen (secondary N) is 1. The van der Waals surface area contributed by atoms with Gasteiger partial charge in [0.25, 0.3) is 5.91 Å². The Morgan fingerprint density at radius 1 is 1.10 bits per heavy atom. The second kappa shape index (κ2) is 8.00. The topological polar surface area (TPSA) is 114 Å². The Bertz CT molecular complexity index is 1320. The van der Waals surface area contributed by atoms with Crippen LogP contribution in [0.15, 0.2) is 39.4 Å². The molecule has 1 aliphatic heterocycles. The summed E-state index contributed by atoms with van der Waals surface area (Å²) in [6, 6.07) is 6.01.